The number of halogens is 2. The number of fused-ring (bicyclic) bond motifs is 1. The fourth-order valence-electron chi connectivity index (χ4n) is 1.65. The van der Waals surface area contributed by atoms with Gasteiger partial charge in [-0.1, -0.05) is 0 Å². The molecular formula is C11H13BrClN5O. The van der Waals surface area contributed by atoms with Crippen molar-refractivity contribution in [3.63, 3.8) is 0 Å². The molecule has 3 N–H and O–H groups in total. The maximum absolute atomic E-state index is 11.7. The summed E-state index contributed by atoms with van der Waals surface area (Å²) in [6.45, 7) is 4.20. The lowest BCUT2D eigenvalue weighted by atomic mass is 10.3. The number of carbonyl (C=O) groups excluding carboxylic acids is 1. The van der Waals surface area contributed by atoms with Crippen molar-refractivity contribution in [3.8, 4) is 0 Å². The van der Waals surface area contributed by atoms with E-state index in [1.807, 2.05) is 6.92 Å². The molecule has 102 valence electrons. The number of hydrogen-bond donors (Lipinski definition) is 3. The Labute approximate surface area is 123 Å². The van der Waals surface area contributed by atoms with Gasteiger partial charge in [-0.2, -0.15) is 4.98 Å². The number of nitrogens with one attached hydrogen (secondary N) is 3. The number of H-pyrrole nitrogens is 1. The molecule has 0 radical (unpaired) electrons. The third-order valence-electron chi connectivity index (χ3n) is 2.55. The molecule has 19 heavy (non-hydrogen) atoms. The van der Waals surface area contributed by atoms with Gasteiger partial charge in [-0.25, -0.2) is 4.98 Å². The van der Waals surface area contributed by atoms with Crippen LogP contribution in [0.15, 0.2) is 10.7 Å². The SMILES string of the molecule is CCNC(=O)C(C)Nc1nc(Cl)nc2c(Br)c[nH]c12. The quantitative estimate of drug-likeness (QED) is 0.742. The van der Waals surface area contributed by atoms with Crippen LogP contribution in [0.25, 0.3) is 11.0 Å². The van der Waals surface area contributed by atoms with Gasteiger partial charge >= 0.3 is 0 Å². The lowest BCUT2D eigenvalue weighted by Crippen LogP contribution is -2.37. The number of rotatable bonds is 4. The molecule has 0 aliphatic heterocycles. The first-order valence-electron chi connectivity index (χ1n) is 5.77. The van der Waals surface area contributed by atoms with Gasteiger partial charge in [0.05, 0.1) is 4.47 Å². The Bertz CT molecular complexity index is 614. The molecule has 0 aliphatic carbocycles. The van der Waals surface area contributed by atoms with E-state index in [1.54, 1.807) is 13.1 Å². The van der Waals surface area contributed by atoms with Crippen molar-refractivity contribution in [2.75, 3.05) is 11.9 Å². The number of hydrogen-bond acceptors (Lipinski definition) is 4. The van der Waals surface area contributed by atoms with E-state index in [9.17, 15) is 4.79 Å². The lowest BCUT2D eigenvalue weighted by molar-refractivity contribution is -0.121. The Morgan fingerprint density at radius 3 is 3.00 bits per heavy atom. The largest absolute Gasteiger partial charge is 0.357 e. The number of carbonyl (C=O) groups is 1. The van der Waals surface area contributed by atoms with Crippen LogP contribution < -0.4 is 10.6 Å². The summed E-state index contributed by atoms with van der Waals surface area (Å²) in [7, 11) is 0. The van der Waals surface area contributed by atoms with E-state index in [4.69, 9.17) is 11.6 Å². The van der Waals surface area contributed by atoms with Crippen LogP contribution in [0.4, 0.5) is 5.82 Å². The number of aromatic amines is 1. The highest BCUT2D eigenvalue weighted by Gasteiger charge is 2.16. The van der Waals surface area contributed by atoms with Gasteiger partial charge in [0.15, 0.2) is 5.82 Å². The summed E-state index contributed by atoms with van der Waals surface area (Å²) in [5.74, 6) is 0.399. The van der Waals surface area contributed by atoms with Crippen LogP contribution in [-0.4, -0.2) is 33.4 Å². The predicted molar refractivity (Wildman–Crippen MR) is 78.4 cm³/mol. The summed E-state index contributed by atoms with van der Waals surface area (Å²) in [5.41, 5.74) is 1.37. The highest BCUT2D eigenvalue weighted by molar-refractivity contribution is 9.10. The van der Waals surface area contributed by atoms with Crippen molar-refractivity contribution >= 4 is 50.3 Å². The smallest absolute Gasteiger partial charge is 0.242 e. The molecule has 8 heteroatoms. The average Bonchev–Trinajstić information content (AvgIpc) is 2.71. The fraction of sp³-hybridized carbons (Fsp3) is 0.364. The van der Waals surface area contributed by atoms with E-state index in [0.717, 1.165) is 4.47 Å². The van der Waals surface area contributed by atoms with E-state index in [2.05, 4.69) is 41.5 Å². The Hall–Kier alpha value is -1.34. The Balaban J connectivity index is 2.32. The normalized spacial score (nSPS) is 12.4. The standard InChI is InChI=1S/C11H13BrClN5O/c1-3-14-10(19)5(2)16-9-8-7(6(12)4-15-8)17-11(13)18-9/h4-5,15H,3H2,1-2H3,(H,14,19)(H,16,17,18). The molecule has 0 aromatic carbocycles. The van der Waals surface area contributed by atoms with Crippen LogP contribution in [0.3, 0.4) is 0 Å². The molecule has 1 amide bonds. The van der Waals surface area contributed by atoms with Crippen LogP contribution in [0.2, 0.25) is 5.28 Å². The molecule has 0 fully saturated rings. The number of amides is 1. The highest BCUT2D eigenvalue weighted by Crippen LogP contribution is 2.27. The average molecular weight is 347 g/mol. The minimum absolute atomic E-state index is 0.101. The Morgan fingerprint density at radius 1 is 1.58 bits per heavy atom. The summed E-state index contributed by atoms with van der Waals surface area (Å²) in [5, 5.41) is 5.88. The van der Waals surface area contributed by atoms with Gasteiger partial charge in [-0.15, -0.1) is 0 Å². The van der Waals surface area contributed by atoms with Crippen LogP contribution in [0, 0.1) is 0 Å². The van der Waals surface area contributed by atoms with Crippen molar-refractivity contribution in [2.45, 2.75) is 19.9 Å². The molecular weight excluding hydrogens is 334 g/mol. The van der Waals surface area contributed by atoms with Crippen LogP contribution in [0.1, 0.15) is 13.8 Å². The van der Waals surface area contributed by atoms with Crippen LogP contribution in [-0.2, 0) is 4.79 Å². The highest BCUT2D eigenvalue weighted by atomic mass is 79.9. The molecule has 0 aliphatic rings. The number of likely N-dealkylation sites (N-methyl/N-ethyl adjacent to an activating group) is 1. The summed E-state index contributed by atoms with van der Waals surface area (Å²) in [6, 6.07) is -0.420. The second-order valence-electron chi connectivity index (χ2n) is 3.96. The van der Waals surface area contributed by atoms with Gasteiger partial charge in [0.1, 0.15) is 17.1 Å². The maximum atomic E-state index is 11.7. The first kappa shape index (κ1) is 14.1. The molecule has 1 atom stereocenters. The van der Waals surface area contributed by atoms with E-state index in [0.29, 0.717) is 23.4 Å². The third-order valence-corrected chi connectivity index (χ3v) is 3.32. The lowest BCUT2D eigenvalue weighted by Gasteiger charge is -2.14. The molecule has 2 rings (SSSR count). The van der Waals surface area contributed by atoms with Gasteiger partial charge in [0.2, 0.25) is 11.2 Å². The summed E-state index contributed by atoms with van der Waals surface area (Å²) < 4.78 is 0.792. The molecule has 0 bridgehead atoms. The molecule has 6 nitrogen and oxygen atoms in total. The Kier molecular flexibility index (Phi) is 4.26. The zero-order valence-corrected chi connectivity index (χ0v) is 12.8. The van der Waals surface area contributed by atoms with Crippen molar-refractivity contribution in [2.24, 2.45) is 0 Å². The monoisotopic (exact) mass is 345 g/mol. The van der Waals surface area contributed by atoms with Crippen molar-refractivity contribution in [1.82, 2.24) is 20.3 Å². The van der Waals surface area contributed by atoms with Crippen LogP contribution in [0.5, 0.6) is 0 Å². The van der Waals surface area contributed by atoms with E-state index >= 15 is 0 Å². The molecule has 0 spiro atoms. The summed E-state index contributed by atoms with van der Waals surface area (Å²) >= 11 is 9.25. The van der Waals surface area contributed by atoms with Crippen molar-refractivity contribution in [1.29, 1.82) is 0 Å². The van der Waals surface area contributed by atoms with Gasteiger partial charge in [0.25, 0.3) is 0 Å². The molecule has 2 aromatic heterocycles. The van der Waals surface area contributed by atoms with Gasteiger partial charge in [0, 0.05) is 12.7 Å². The molecule has 2 aromatic rings. The zero-order chi connectivity index (χ0) is 14.0. The molecule has 2 heterocycles. The minimum atomic E-state index is -0.420. The summed E-state index contributed by atoms with van der Waals surface area (Å²) in [4.78, 5) is 23.0. The number of anilines is 1. The zero-order valence-electron chi connectivity index (χ0n) is 10.4. The fourth-order valence-corrected chi connectivity index (χ4v) is 2.22. The van der Waals surface area contributed by atoms with E-state index in [-0.39, 0.29) is 11.2 Å². The first-order valence-corrected chi connectivity index (χ1v) is 6.94. The van der Waals surface area contributed by atoms with E-state index in [1.165, 1.54) is 0 Å². The summed E-state index contributed by atoms with van der Waals surface area (Å²) in [6.07, 6.45) is 1.75. The third kappa shape index (κ3) is 2.98. The maximum Gasteiger partial charge on any atom is 0.242 e. The number of aromatic nitrogens is 3. The molecule has 1 unspecified atom stereocenters. The van der Waals surface area contributed by atoms with Gasteiger partial charge < -0.3 is 15.6 Å². The number of nitrogens with zero attached hydrogens (tertiary/aromatic N) is 2. The second kappa shape index (κ2) is 5.75. The second-order valence-corrected chi connectivity index (χ2v) is 5.15. The molecule has 0 saturated carbocycles. The van der Waals surface area contributed by atoms with Crippen molar-refractivity contribution in [3.05, 3.63) is 16.0 Å². The first-order chi connectivity index (χ1) is 9.02. The van der Waals surface area contributed by atoms with Gasteiger partial charge in [-0.05, 0) is 41.4 Å². The van der Waals surface area contributed by atoms with Crippen LogP contribution >= 0.6 is 27.5 Å². The minimum Gasteiger partial charge on any atom is -0.357 e. The van der Waals surface area contributed by atoms with E-state index < -0.39 is 6.04 Å². The topological polar surface area (TPSA) is 82.7 Å². The van der Waals surface area contributed by atoms with Gasteiger partial charge in [-0.3, -0.25) is 4.79 Å². The molecule has 0 saturated heterocycles. The predicted octanol–water partition coefficient (Wildman–Crippen LogP) is 2.31. The van der Waals surface area contributed by atoms with Crippen molar-refractivity contribution < 1.29 is 4.79 Å². The Morgan fingerprint density at radius 2 is 2.32 bits per heavy atom.